The van der Waals surface area contributed by atoms with Crippen molar-refractivity contribution in [1.29, 1.82) is 0 Å². The Kier molecular flexibility index (Phi) is 6.10. The molecule has 0 spiro atoms. The zero-order valence-corrected chi connectivity index (χ0v) is 13.0. The van der Waals surface area contributed by atoms with E-state index in [-0.39, 0.29) is 0 Å². The van der Waals surface area contributed by atoms with Gasteiger partial charge >= 0.3 is 0 Å². The van der Waals surface area contributed by atoms with Gasteiger partial charge in [-0.2, -0.15) is 0 Å². The minimum absolute atomic E-state index is 0.408. The second-order valence-corrected chi connectivity index (χ2v) is 8.86. The molecule has 1 nitrogen and oxygen atoms in total. The number of alkyl halides is 1. The average molecular weight is 314 g/mol. The molecule has 13 heavy (non-hydrogen) atoms. The Morgan fingerprint density at radius 2 is 1.77 bits per heavy atom. The van der Waals surface area contributed by atoms with Crippen LogP contribution >= 0.6 is 22.6 Å². The largest absolute Gasteiger partial charge is 0.409 e. The van der Waals surface area contributed by atoms with Crippen LogP contribution < -0.4 is 0 Å². The Morgan fingerprint density at radius 3 is 2.08 bits per heavy atom. The van der Waals surface area contributed by atoms with Crippen LogP contribution in [0.1, 0.15) is 34.1 Å². The Balaban J connectivity index is 3.85. The molecule has 2 atom stereocenters. The molecule has 0 saturated carbocycles. The predicted molar refractivity (Wildman–Crippen MR) is 71.0 cm³/mol. The zero-order valence-electron chi connectivity index (χ0n) is 9.73. The van der Waals surface area contributed by atoms with Crippen molar-refractivity contribution in [3.05, 3.63) is 0 Å². The molecule has 0 aliphatic heterocycles. The maximum absolute atomic E-state index is 5.84. The fourth-order valence-corrected chi connectivity index (χ4v) is 4.21. The van der Waals surface area contributed by atoms with Crippen molar-refractivity contribution >= 4 is 31.6 Å². The Hall–Kier alpha value is 0.907. The van der Waals surface area contributed by atoms with Gasteiger partial charge in [0, 0.05) is 0 Å². The van der Waals surface area contributed by atoms with E-state index >= 15 is 0 Å². The molecule has 0 aromatic rings. The fraction of sp³-hybridized carbons (Fsp3) is 1.00. The molecule has 0 amide bonds. The van der Waals surface area contributed by atoms with E-state index < -0.39 is 9.04 Å². The summed E-state index contributed by atoms with van der Waals surface area (Å²) in [6, 6.07) is 0. The Labute approximate surface area is 98.5 Å². The molecule has 0 radical (unpaired) electrons. The third-order valence-corrected chi connectivity index (χ3v) is 4.67. The van der Waals surface area contributed by atoms with E-state index in [9.17, 15) is 0 Å². The first-order valence-electron chi connectivity index (χ1n) is 5.03. The van der Waals surface area contributed by atoms with E-state index in [2.05, 4.69) is 63.4 Å². The molecule has 0 aromatic heterocycles. The van der Waals surface area contributed by atoms with Gasteiger partial charge in [-0.3, -0.25) is 0 Å². The highest BCUT2D eigenvalue weighted by molar-refractivity contribution is 14.1. The predicted octanol–water partition coefficient (Wildman–Crippen LogP) is 3.82. The highest BCUT2D eigenvalue weighted by atomic mass is 127. The maximum Gasteiger partial charge on any atom is 0.172 e. The van der Waals surface area contributed by atoms with E-state index in [1.54, 1.807) is 0 Å². The van der Waals surface area contributed by atoms with Crippen LogP contribution in [-0.2, 0) is 4.43 Å². The monoisotopic (exact) mass is 314 g/mol. The summed E-state index contributed by atoms with van der Waals surface area (Å²) >= 11 is 2.42. The van der Waals surface area contributed by atoms with Gasteiger partial charge in [0.05, 0.1) is 4.11 Å². The second kappa shape index (κ2) is 5.71. The fourth-order valence-electron chi connectivity index (χ4n) is 0.982. The summed E-state index contributed by atoms with van der Waals surface area (Å²) < 4.78 is 6.26. The van der Waals surface area contributed by atoms with Crippen LogP contribution in [0.5, 0.6) is 0 Å². The number of rotatable bonds is 4. The topological polar surface area (TPSA) is 9.23 Å². The molecule has 1 unspecified atom stereocenters. The van der Waals surface area contributed by atoms with Gasteiger partial charge < -0.3 is 4.43 Å². The van der Waals surface area contributed by atoms with Gasteiger partial charge in [-0.1, -0.05) is 50.3 Å². The lowest BCUT2D eigenvalue weighted by molar-refractivity contribution is 0.191. The van der Waals surface area contributed by atoms with Gasteiger partial charge in [-0.15, -0.1) is 0 Å². The van der Waals surface area contributed by atoms with Crippen molar-refractivity contribution in [2.75, 3.05) is 0 Å². The van der Waals surface area contributed by atoms with Crippen molar-refractivity contribution in [2.24, 2.45) is 11.3 Å². The molecular formula is C10H23IOSi. The molecule has 0 N–H and O–H groups in total. The van der Waals surface area contributed by atoms with Crippen LogP contribution in [0.15, 0.2) is 0 Å². The standard InChI is InChI=1S/C10H23IOSi/c1-8(10(2,3)4)7-9(11)12-13(5)6/h8-9,13H,7H2,1-6H3/t8?,9-/m0/s1. The summed E-state index contributed by atoms with van der Waals surface area (Å²) in [6.45, 7) is 13.7. The van der Waals surface area contributed by atoms with Crippen molar-refractivity contribution in [3.63, 3.8) is 0 Å². The van der Waals surface area contributed by atoms with Crippen LogP contribution in [0.25, 0.3) is 0 Å². The first-order chi connectivity index (χ1) is 5.73. The summed E-state index contributed by atoms with van der Waals surface area (Å²) in [5.41, 5.74) is 0.408. The van der Waals surface area contributed by atoms with E-state index in [1.807, 2.05) is 0 Å². The first kappa shape index (κ1) is 13.9. The van der Waals surface area contributed by atoms with Crippen LogP contribution in [-0.4, -0.2) is 13.2 Å². The summed E-state index contributed by atoms with van der Waals surface area (Å²) in [5.74, 6) is 0.724. The Bertz CT molecular complexity index is 142. The summed E-state index contributed by atoms with van der Waals surface area (Å²) in [5, 5.41) is 0. The van der Waals surface area contributed by atoms with Crippen LogP contribution in [0.3, 0.4) is 0 Å². The van der Waals surface area contributed by atoms with Crippen molar-refractivity contribution < 1.29 is 4.43 Å². The molecule has 0 saturated heterocycles. The molecule has 80 valence electrons. The molecule has 0 aromatic carbocycles. The van der Waals surface area contributed by atoms with Crippen molar-refractivity contribution in [3.8, 4) is 0 Å². The normalized spacial score (nSPS) is 17.5. The molecule has 0 aliphatic carbocycles. The van der Waals surface area contributed by atoms with Crippen LogP contribution in [0.2, 0.25) is 13.1 Å². The lowest BCUT2D eigenvalue weighted by atomic mass is 9.80. The molecule has 0 aliphatic rings. The third-order valence-electron chi connectivity index (χ3n) is 2.44. The van der Waals surface area contributed by atoms with Gasteiger partial charge in [0.15, 0.2) is 9.04 Å². The van der Waals surface area contributed by atoms with Crippen molar-refractivity contribution in [1.82, 2.24) is 0 Å². The molecule has 0 fully saturated rings. The van der Waals surface area contributed by atoms with E-state index in [0.29, 0.717) is 9.53 Å². The highest BCUT2D eigenvalue weighted by Crippen LogP contribution is 2.31. The quantitative estimate of drug-likeness (QED) is 0.435. The van der Waals surface area contributed by atoms with Gasteiger partial charge in [0.25, 0.3) is 0 Å². The van der Waals surface area contributed by atoms with E-state index in [0.717, 1.165) is 5.92 Å². The first-order valence-corrected chi connectivity index (χ1v) is 9.05. The second-order valence-electron chi connectivity index (χ2n) is 5.10. The summed E-state index contributed by atoms with van der Waals surface area (Å²) in [7, 11) is -0.849. The smallest absolute Gasteiger partial charge is 0.172 e. The molecule has 0 heterocycles. The van der Waals surface area contributed by atoms with Crippen molar-refractivity contribution in [2.45, 2.75) is 51.3 Å². The summed E-state index contributed by atoms with van der Waals surface area (Å²) in [4.78, 5) is 0. The number of hydrogen-bond acceptors (Lipinski definition) is 1. The minimum atomic E-state index is -0.849. The van der Waals surface area contributed by atoms with E-state index in [4.69, 9.17) is 4.43 Å². The SMILES string of the molecule is CC(C[C@@H](I)O[SiH](C)C)C(C)(C)C. The molecule has 0 bridgehead atoms. The minimum Gasteiger partial charge on any atom is -0.409 e. The van der Waals surface area contributed by atoms with Gasteiger partial charge in [-0.05, 0) is 30.8 Å². The molecule has 0 rings (SSSR count). The highest BCUT2D eigenvalue weighted by Gasteiger charge is 2.22. The van der Waals surface area contributed by atoms with E-state index in [1.165, 1.54) is 6.42 Å². The Morgan fingerprint density at radius 1 is 1.31 bits per heavy atom. The summed E-state index contributed by atoms with van der Waals surface area (Å²) in [6.07, 6.45) is 1.18. The average Bonchev–Trinajstić information content (AvgIpc) is 1.82. The number of hydrogen-bond donors (Lipinski definition) is 0. The molecule has 3 heteroatoms. The maximum atomic E-state index is 5.84. The zero-order chi connectivity index (χ0) is 10.6. The third kappa shape index (κ3) is 6.91. The lowest BCUT2D eigenvalue weighted by Crippen LogP contribution is -2.24. The van der Waals surface area contributed by atoms with Crippen LogP contribution in [0.4, 0.5) is 0 Å². The van der Waals surface area contributed by atoms with Crippen LogP contribution in [0, 0.1) is 11.3 Å². The van der Waals surface area contributed by atoms with Gasteiger partial charge in [0.2, 0.25) is 0 Å². The van der Waals surface area contributed by atoms with Gasteiger partial charge in [0.1, 0.15) is 0 Å². The molecular weight excluding hydrogens is 291 g/mol. The number of halogens is 1. The van der Waals surface area contributed by atoms with Gasteiger partial charge in [-0.25, -0.2) is 0 Å². The lowest BCUT2D eigenvalue weighted by Gasteiger charge is -2.29.